The highest BCUT2D eigenvalue weighted by Crippen LogP contribution is 2.23. The van der Waals surface area contributed by atoms with Gasteiger partial charge in [0.1, 0.15) is 5.02 Å². The minimum Gasteiger partial charge on any atom is -0.356 e. The quantitative estimate of drug-likeness (QED) is 0.733. The van der Waals surface area contributed by atoms with Gasteiger partial charge < -0.3 is 4.90 Å². The van der Waals surface area contributed by atoms with E-state index in [0.29, 0.717) is 10.8 Å². The van der Waals surface area contributed by atoms with Crippen molar-refractivity contribution in [3.05, 3.63) is 16.5 Å². The Hall–Kier alpha value is -0.540. The predicted molar refractivity (Wildman–Crippen MR) is 55.6 cm³/mol. The average molecular weight is 220 g/mol. The molecule has 0 saturated carbocycles. The summed E-state index contributed by atoms with van der Waals surface area (Å²) >= 11 is 11.6. The van der Waals surface area contributed by atoms with Crippen LogP contribution in [0.4, 0.5) is 5.82 Å². The second-order valence-corrected chi connectivity index (χ2v) is 3.23. The summed E-state index contributed by atoms with van der Waals surface area (Å²) in [5.41, 5.74) is 0. The van der Waals surface area contributed by atoms with E-state index in [4.69, 9.17) is 23.2 Å². The molecule has 0 aliphatic heterocycles. The van der Waals surface area contributed by atoms with Crippen LogP contribution in [-0.4, -0.2) is 23.1 Å². The number of aromatic nitrogens is 2. The van der Waals surface area contributed by atoms with Gasteiger partial charge in [-0.05, 0) is 25.4 Å². The maximum Gasteiger partial charge on any atom is 0.224 e. The summed E-state index contributed by atoms with van der Waals surface area (Å²) in [6.45, 7) is 5.78. The molecule has 1 aromatic heterocycles. The Morgan fingerprint density at radius 2 is 1.92 bits per heavy atom. The third-order valence-corrected chi connectivity index (χ3v) is 2.21. The first-order valence-electron chi connectivity index (χ1n) is 4.12. The highest BCUT2D eigenvalue weighted by Gasteiger charge is 2.09. The van der Waals surface area contributed by atoms with E-state index in [1.165, 1.54) is 6.20 Å². The molecule has 1 heterocycles. The molecule has 0 spiro atoms. The first-order valence-corrected chi connectivity index (χ1v) is 4.87. The van der Waals surface area contributed by atoms with Crippen LogP contribution in [0.2, 0.25) is 10.3 Å². The summed E-state index contributed by atoms with van der Waals surface area (Å²) in [4.78, 5) is 9.87. The third kappa shape index (κ3) is 2.45. The second-order valence-electron chi connectivity index (χ2n) is 2.48. The van der Waals surface area contributed by atoms with Gasteiger partial charge in [0.05, 0.1) is 6.20 Å². The minimum absolute atomic E-state index is 0.228. The van der Waals surface area contributed by atoms with Crippen molar-refractivity contribution in [3.8, 4) is 0 Å². The fourth-order valence-corrected chi connectivity index (χ4v) is 1.42. The Bertz CT molecular complexity index is 287. The lowest BCUT2D eigenvalue weighted by Crippen LogP contribution is -2.23. The van der Waals surface area contributed by atoms with Gasteiger partial charge in [0.15, 0.2) is 5.82 Å². The Morgan fingerprint density at radius 1 is 1.31 bits per heavy atom. The molecule has 0 bridgehead atoms. The van der Waals surface area contributed by atoms with Gasteiger partial charge in [-0.3, -0.25) is 0 Å². The molecule has 1 rings (SSSR count). The highest BCUT2D eigenvalue weighted by molar-refractivity contribution is 6.33. The van der Waals surface area contributed by atoms with Gasteiger partial charge in [0, 0.05) is 13.1 Å². The molecule has 0 atom stereocenters. The molecule has 0 saturated heterocycles. The van der Waals surface area contributed by atoms with Crippen molar-refractivity contribution in [2.45, 2.75) is 13.8 Å². The van der Waals surface area contributed by atoms with Crippen LogP contribution in [0, 0.1) is 0 Å². The molecule has 0 amide bonds. The standard InChI is InChI=1S/C8H11Cl2N3/c1-3-13(4-2)7-6(9)5-11-8(10)12-7/h5H,3-4H2,1-2H3. The van der Waals surface area contributed by atoms with Crippen molar-refractivity contribution in [3.63, 3.8) is 0 Å². The number of rotatable bonds is 3. The van der Waals surface area contributed by atoms with Crippen molar-refractivity contribution < 1.29 is 0 Å². The van der Waals surface area contributed by atoms with Gasteiger partial charge in [-0.25, -0.2) is 4.98 Å². The summed E-state index contributed by atoms with van der Waals surface area (Å²) in [5.74, 6) is 0.701. The van der Waals surface area contributed by atoms with E-state index in [1.54, 1.807) is 0 Å². The largest absolute Gasteiger partial charge is 0.356 e. The van der Waals surface area contributed by atoms with E-state index in [-0.39, 0.29) is 5.28 Å². The second kappa shape index (κ2) is 4.63. The van der Waals surface area contributed by atoms with Gasteiger partial charge >= 0.3 is 0 Å². The van der Waals surface area contributed by atoms with E-state index >= 15 is 0 Å². The van der Waals surface area contributed by atoms with Crippen molar-refractivity contribution in [1.82, 2.24) is 9.97 Å². The SMILES string of the molecule is CCN(CC)c1nc(Cl)ncc1Cl. The Kier molecular flexibility index (Phi) is 3.75. The summed E-state index contributed by atoms with van der Waals surface area (Å²) in [7, 11) is 0. The summed E-state index contributed by atoms with van der Waals surface area (Å²) in [5, 5.41) is 0.763. The molecular formula is C8H11Cl2N3. The molecule has 5 heteroatoms. The fourth-order valence-electron chi connectivity index (χ4n) is 1.08. The molecule has 0 radical (unpaired) electrons. The molecule has 72 valence electrons. The van der Waals surface area contributed by atoms with Gasteiger partial charge in [0.2, 0.25) is 5.28 Å². The average Bonchev–Trinajstić information content (AvgIpc) is 2.13. The van der Waals surface area contributed by atoms with E-state index in [2.05, 4.69) is 9.97 Å². The van der Waals surface area contributed by atoms with Crippen LogP contribution < -0.4 is 4.90 Å². The van der Waals surface area contributed by atoms with Gasteiger partial charge in [-0.15, -0.1) is 0 Å². The normalized spacial score (nSPS) is 10.2. The zero-order chi connectivity index (χ0) is 9.84. The van der Waals surface area contributed by atoms with Crippen molar-refractivity contribution in [2.24, 2.45) is 0 Å². The van der Waals surface area contributed by atoms with E-state index in [9.17, 15) is 0 Å². The molecule has 0 aliphatic rings. The molecule has 3 nitrogen and oxygen atoms in total. The number of hydrogen-bond acceptors (Lipinski definition) is 3. The molecule has 13 heavy (non-hydrogen) atoms. The fraction of sp³-hybridized carbons (Fsp3) is 0.500. The molecule has 1 aromatic rings. The monoisotopic (exact) mass is 219 g/mol. The maximum absolute atomic E-state index is 5.92. The van der Waals surface area contributed by atoms with E-state index < -0.39 is 0 Å². The van der Waals surface area contributed by atoms with Crippen LogP contribution in [-0.2, 0) is 0 Å². The van der Waals surface area contributed by atoms with Gasteiger partial charge in [-0.1, -0.05) is 11.6 Å². The van der Waals surface area contributed by atoms with Crippen LogP contribution in [0.15, 0.2) is 6.20 Å². The van der Waals surface area contributed by atoms with Crippen LogP contribution >= 0.6 is 23.2 Å². The van der Waals surface area contributed by atoms with Crippen LogP contribution in [0.3, 0.4) is 0 Å². The molecule has 0 N–H and O–H groups in total. The van der Waals surface area contributed by atoms with E-state index in [1.807, 2.05) is 18.7 Å². The Morgan fingerprint density at radius 3 is 2.46 bits per heavy atom. The lowest BCUT2D eigenvalue weighted by atomic mass is 10.4. The first-order chi connectivity index (χ1) is 6.19. The lowest BCUT2D eigenvalue weighted by Gasteiger charge is -2.20. The summed E-state index contributed by atoms with van der Waals surface area (Å²) < 4.78 is 0. The topological polar surface area (TPSA) is 29.0 Å². The summed E-state index contributed by atoms with van der Waals surface area (Å²) in [6.07, 6.45) is 1.52. The van der Waals surface area contributed by atoms with Crippen LogP contribution in [0.25, 0.3) is 0 Å². The zero-order valence-corrected chi connectivity index (χ0v) is 9.10. The summed E-state index contributed by atoms with van der Waals surface area (Å²) in [6, 6.07) is 0. The van der Waals surface area contributed by atoms with Crippen molar-refractivity contribution >= 4 is 29.0 Å². The number of anilines is 1. The first kappa shape index (κ1) is 10.5. The molecule has 0 unspecified atom stereocenters. The number of nitrogens with zero attached hydrogens (tertiary/aromatic N) is 3. The van der Waals surface area contributed by atoms with Gasteiger partial charge in [0.25, 0.3) is 0 Å². The molecule has 0 fully saturated rings. The van der Waals surface area contributed by atoms with E-state index in [0.717, 1.165) is 13.1 Å². The molecular weight excluding hydrogens is 209 g/mol. The highest BCUT2D eigenvalue weighted by atomic mass is 35.5. The van der Waals surface area contributed by atoms with Gasteiger partial charge in [-0.2, -0.15) is 4.98 Å². The lowest BCUT2D eigenvalue weighted by molar-refractivity contribution is 0.842. The van der Waals surface area contributed by atoms with Crippen molar-refractivity contribution in [2.75, 3.05) is 18.0 Å². The van der Waals surface area contributed by atoms with Crippen LogP contribution in [0.5, 0.6) is 0 Å². The molecule has 0 aliphatic carbocycles. The predicted octanol–water partition coefficient (Wildman–Crippen LogP) is 2.63. The minimum atomic E-state index is 0.228. The van der Waals surface area contributed by atoms with Crippen molar-refractivity contribution in [1.29, 1.82) is 0 Å². The third-order valence-electron chi connectivity index (χ3n) is 1.76. The number of hydrogen-bond donors (Lipinski definition) is 0. The Balaban J connectivity index is 3.03. The molecule has 0 aromatic carbocycles. The maximum atomic E-state index is 5.92. The van der Waals surface area contributed by atoms with Crippen LogP contribution in [0.1, 0.15) is 13.8 Å². The Labute approximate surface area is 87.7 Å². The zero-order valence-electron chi connectivity index (χ0n) is 7.59. The number of halogens is 2. The smallest absolute Gasteiger partial charge is 0.224 e.